The van der Waals surface area contributed by atoms with E-state index in [9.17, 15) is 4.79 Å². The molecule has 1 rings (SSSR count). The van der Waals surface area contributed by atoms with E-state index in [2.05, 4.69) is 10.4 Å². The Morgan fingerprint density at radius 1 is 1.47 bits per heavy atom. The van der Waals surface area contributed by atoms with Gasteiger partial charge in [0.15, 0.2) is 0 Å². The number of rotatable bonds is 5. The first-order chi connectivity index (χ1) is 7.13. The van der Waals surface area contributed by atoms with E-state index in [1.54, 1.807) is 12.1 Å². The van der Waals surface area contributed by atoms with Crippen molar-refractivity contribution in [2.45, 2.75) is 12.5 Å². The van der Waals surface area contributed by atoms with Crippen molar-refractivity contribution < 1.29 is 19.9 Å². The van der Waals surface area contributed by atoms with E-state index >= 15 is 0 Å². The Morgan fingerprint density at radius 2 is 2.07 bits per heavy atom. The summed E-state index contributed by atoms with van der Waals surface area (Å²) in [7, 11) is 0. The molecule has 0 aliphatic heterocycles. The van der Waals surface area contributed by atoms with Gasteiger partial charge in [-0.1, -0.05) is 12.1 Å². The van der Waals surface area contributed by atoms with Crippen LogP contribution in [-0.4, -0.2) is 22.2 Å². The van der Waals surface area contributed by atoms with Crippen molar-refractivity contribution in [2.75, 3.05) is 0 Å². The van der Waals surface area contributed by atoms with Gasteiger partial charge >= 0.3 is 5.97 Å². The fourth-order valence-corrected chi connectivity index (χ4v) is 1.13. The molecule has 0 bridgehead atoms. The highest BCUT2D eigenvalue weighted by Gasteiger charge is 2.17. The lowest BCUT2D eigenvalue weighted by atomic mass is 10.1. The number of aliphatic carboxylic acids is 1. The van der Waals surface area contributed by atoms with Gasteiger partial charge in [-0.3, -0.25) is 4.79 Å². The van der Waals surface area contributed by atoms with Gasteiger partial charge in [0.2, 0.25) is 0 Å². The van der Waals surface area contributed by atoms with Gasteiger partial charge in [0.25, 0.3) is 0 Å². The molecule has 1 aromatic carbocycles. The molecule has 0 saturated heterocycles. The summed E-state index contributed by atoms with van der Waals surface area (Å²) in [4.78, 5) is 14.8. The van der Waals surface area contributed by atoms with Crippen LogP contribution in [0.15, 0.2) is 24.3 Å². The number of carbonyl (C=O) groups is 1. The van der Waals surface area contributed by atoms with Crippen molar-refractivity contribution in [2.24, 2.45) is 5.90 Å². The lowest BCUT2D eigenvalue weighted by Gasteiger charge is -2.11. The Balaban J connectivity index is 2.65. The molecule has 82 valence electrons. The molecule has 0 aliphatic rings. The predicted octanol–water partition coefficient (Wildman–Crippen LogP) is -0.217. The summed E-state index contributed by atoms with van der Waals surface area (Å²) < 4.78 is 0. The number of carboxylic acid groups (broad SMARTS) is 1. The second-order valence-corrected chi connectivity index (χ2v) is 3.00. The van der Waals surface area contributed by atoms with Crippen LogP contribution in [-0.2, 0) is 16.2 Å². The summed E-state index contributed by atoms with van der Waals surface area (Å²) in [6, 6.07) is 5.31. The van der Waals surface area contributed by atoms with Gasteiger partial charge in [-0.2, -0.15) is 11.4 Å². The molecule has 0 fully saturated rings. The van der Waals surface area contributed by atoms with Crippen LogP contribution in [0.3, 0.4) is 0 Å². The number of hydrogen-bond acceptors (Lipinski definition) is 5. The molecule has 1 aromatic rings. The first-order valence-corrected chi connectivity index (χ1v) is 4.25. The molecule has 0 unspecified atom stereocenters. The summed E-state index contributed by atoms with van der Waals surface area (Å²) in [6.07, 6.45) is 0.215. The van der Waals surface area contributed by atoms with Crippen molar-refractivity contribution in [1.29, 1.82) is 0 Å². The van der Waals surface area contributed by atoms with Gasteiger partial charge in [0.1, 0.15) is 11.8 Å². The first-order valence-electron chi connectivity index (χ1n) is 4.25. The summed E-state index contributed by atoms with van der Waals surface area (Å²) in [5, 5.41) is 17.8. The molecule has 6 nitrogen and oxygen atoms in total. The van der Waals surface area contributed by atoms with Crippen LogP contribution in [0.5, 0.6) is 5.75 Å². The van der Waals surface area contributed by atoms with Crippen LogP contribution < -0.4 is 11.4 Å². The molecule has 15 heavy (non-hydrogen) atoms. The van der Waals surface area contributed by atoms with Gasteiger partial charge < -0.3 is 10.2 Å². The SMILES string of the molecule is NON[C@@H](Cc1ccc(O)cc1)C(=O)O. The van der Waals surface area contributed by atoms with Crippen molar-refractivity contribution in [3.63, 3.8) is 0 Å². The van der Waals surface area contributed by atoms with Crippen LogP contribution in [0.25, 0.3) is 0 Å². The third-order valence-electron chi connectivity index (χ3n) is 1.88. The van der Waals surface area contributed by atoms with Crippen LogP contribution in [0, 0.1) is 0 Å². The fourth-order valence-electron chi connectivity index (χ4n) is 1.13. The largest absolute Gasteiger partial charge is 0.508 e. The number of phenols is 1. The third kappa shape index (κ3) is 3.55. The minimum absolute atomic E-state index is 0.133. The van der Waals surface area contributed by atoms with Gasteiger partial charge in [-0.15, -0.1) is 0 Å². The Morgan fingerprint density at radius 3 is 2.53 bits per heavy atom. The Bertz CT molecular complexity index is 325. The average molecular weight is 212 g/mol. The average Bonchev–Trinajstić information content (AvgIpc) is 2.20. The van der Waals surface area contributed by atoms with Gasteiger partial charge in [-0.25, -0.2) is 4.94 Å². The molecule has 5 N–H and O–H groups in total. The Labute approximate surface area is 86.2 Å². The normalized spacial score (nSPS) is 12.3. The van der Waals surface area contributed by atoms with Crippen molar-refractivity contribution >= 4 is 5.97 Å². The second-order valence-electron chi connectivity index (χ2n) is 3.00. The van der Waals surface area contributed by atoms with E-state index in [0.717, 1.165) is 5.56 Å². The zero-order valence-corrected chi connectivity index (χ0v) is 7.88. The standard InChI is InChI=1S/C9H12N2O4/c10-15-11-8(9(13)14)5-6-1-3-7(12)4-2-6/h1-4,8,11-12H,5,10H2,(H,13,14)/t8-/m0/s1. The minimum Gasteiger partial charge on any atom is -0.508 e. The maximum Gasteiger partial charge on any atom is 0.323 e. The highest BCUT2D eigenvalue weighted by atomic mass is 16.8. The molecule has 0 aromatic heterocycles. The topological polar surface area (TPSA) is 105 Å². The Kier molecular flexibility index (Phi) is 4.04. The number of hydrogen-bond donors (Lipinski definition) is 4. The zero-order chi connectivity index (χ0) is 11.3. The summed E-state index contributed by atoms with van der Waals surface area (Å²) in [6.45, 7) is 0. The number of nitrogens with two attached hydrogens (primary N) is 1. The number of phenolic OH excluding ortho intramolecular Hbond substituents is 1. The molecule has 0 amide bonds. The fraction of sp³-hybridized carbons (Fsp3) is 0.222. The van der Waals surface area contributed by atoms with E-state index in [4.69, 9.17) is 16.1 Å². The van der Waals surface area contributed by atoms with Crippen LogP contribution in [0.1, 0.15) is 5.56 Å². The highest BCUT2D eigenvalue weighted by Crippen LogP contribution is 2.11. The van der Waals surface area contributed by atoms with Crippen molar-refractivity contribution in [1.82, 2.24) is 5.48 Å². The minimum atomic E-state index is -1.06. The summed E-state index contributed by atoms with van der Waals surface area (Å²) in [5.74, 6) is 3.80. The molecule has 6 heteroatoms. The highest BCUT2D eigenvalue weighted by molar-refractivity contribution is 5.73. The van der Waals surface area contributed by atoms with E-state index in [1.807, 2.05) is 0 Å². The molecule has 0 aliphatic carbocycles. The molecule has 0 spiro atoms. The maximum atomic E-state index is 10.7. The molecule has 0 saturated carbocycles. The molecular formula is C9H12N2O4. The van der Waals surface area contributed by atoms with E-state index < -0.39 is 12.0 Å². The Hall–Kier alpha value is -1.63. The van der Waals surface area contributed by atoms with E-state index in [-0.39, 0.29) is 12.2 Å². The van der Waals surface area contributed by atoms with Crippen molar-refractivity contribution in [3.05, 3.63) is 29.8 Å². The number of carboxylic acids is 1. The lowest BCUT2D eigenvalue weighted by Crippen LogP contribution is -2.40. The third-order valence-corrected chi connectivity index (χ3v) is 1.88. The van der Waals surface area contributed by atoms with Crippen LogP contribution in [0.2, 0.25) is 0 Å². The number of hydroxylamine groups is 1. The van der Waals surface area contributed by atoms with Gasteiger partial charge in [0, 0.05) is 6.42 Å². The summed E-state index contributed by atoms with van der Waals surface area (Å²) in [5.41, 5.74) is 2.92. The molecular weight excluding hydrogens is 200 g/mol. The number of aromatic hydroxyl groups is 1. The first kappa shape index (κ1) is 11.4. The molecule has 1 atom stereocenters. The smallest absolute Gasteiger partial charge is 0.323 e. The molecule has 0 heterocycles. The van der Waals surface area contributed by atoms with Crippen LogP contribution >= 0.6 is 0 Å². The maximum absolute atomic E-state index is 10.7. The van der Waals surface area contributed by atoms with Gasteiger partial charge in [0.05, 0.1) is 0 Å². The summed E-state index contributed by atoms with van der Waals surface area (Å²) >= 11 is 0. The lowest BCUT2D eigenvalue weighted by molar-refractivity contribution is -0.144. The number of nitrogens with one attached hydrogen (secondary N) is 1. The second kappa shape index (κ2) is 5.30. The monoisotopic (exact) mass is 212 g/mol. The van der Waals surface area contributed by atoms with Crippen molar-refractivity contribution in [3.8, 4) is 5.75 Å². The van der Waals surface area contributed by atoms with Gasteiger partial charge in [-0.05, 0) is 17.7 Å². The number of benzene rings is 1. The van der Waals surface area contributed by atoms with Crippen LogP contribution in [0.4, 0.5) is 0 Å². The molecule has 0 radical (unpaired) electrons. The van der Waals surface area contributed by atoms with E-state index in [1.165, 1.54) is 12.1 Å². The zero-order valence-electron chi connectivity index (χ0n) is 7.88. The van der Waals surface area contributed by atoms with E-state index in [0.29, 0.717) is 0 Å². The predicted molar refractivity (Wildman–Crippen MR) is 51.6 cm³/mol. The quantitative estimate of drug-likeness (QED) is 0.503.